The summed E-state index contributed by atoms with van der Waals surface area (Å²) in [5, 5.41) is 3.67. The van der Waals surface area contributed by atoms with Gasteiger partial charge in [-0.2, -0.15) is 0 Å². The van der Waals surface area contributed by atoms with E-state index in [1.807, 2.05) is 24.3 Å². The molecule has 106 valence electrons. The fourth-order valence-corrected chi connectivity index (χ4v) is 4.06. The third-order valence-electron chi connectivity index (χ3n) is 2.91. The number of pyridine rings is 1. The van der Waals surface area contributed by atoms with E-state index in [0.29, 0.717) is 16.3 Å². The number of carbonyl (C=O) groups is 1. The highest BCUT2D eigenvalue weighted by molar-refractivity contribution is 9.11. The van der Waals surface area contributed by atoms with Gasteiger partial charge in [-0.3, -0.25) is 4.79 Å². The second kappa shape index (κ2) is 5.75. The Morgan fingerprint density at radius 3 is 2.57 bits per heavy atom. The maximum atomic E-state index is 12.5. The molecule has 0 saturated heterocycles. The van der Waals surface area contributed by atoms with Crippen molar-refractivity contribution in [1.29, 1.82) is 0 Å². The van der Waals surface area contributed by atoms with Crippen molar-refractivity contribution in [3.63, 3.8) is 0 Å². The maximum Gasteiger partial charge on any atom is 0.268 e. The molecule has 2 aromatic heterocycles. The summed E-state index contributed by atoms with van der Waals surface area (Å²) in [7, 11) is 0. The first-order valence-electron chi connectivity index (χ1n) is 5.96. The highest BCUT2D eigenvalue weighted by Gasteiger charge is 2.18. The predicted octanol–water partition coefficient (Wildman–Crippen LogP) is 4.66. The van der Waals surface area contributed by atoms with Crippen LogP contribution in [0.25, 0.3) is 10.2 Å². The lowest BCUT2D eigenvalue weighted by atomic mass is 10.2. The van der Waals surface area contributed by atoms with Gasteiger partial charge in [0.2, 0.25) is 0 Å². The van der Waals surface area contributed by atoms with E-state index in [1.165, 1.54) is 11.3 Å². The molecule has 3 N–H and O–H groups in total. The summed E-state index contributed by atoms with van der Waals surface area (Å²) in [6.45, 7) is 0. The number of para-hydroxylation sites is 1. The molecule has 0 radical (unpaired) electrons. The van der Waals surface area contributed by atoms with Crippen molar-refractivity contribution in [2.24, 2.45) is 0 Å². The average Bonchev–Trinajstić information content (AvgIpc) is 2.81. The summed E-state index contributed by atoms with van der Waals surface area (Å²) in [5.74, 6) is -0.247. The van der Waals surface area contributed by atoms with Crippen LogP contribution in [0.15, 0.2) is 45.5 Å². The number of halogens is 2. The number of hydrogen-bond donors (Lipinski definition) is 2. The highest BCUT2D eigenvalue weighted by Crippen LogP contribution is 2.35. The number of nitrogen functional groups attached to an aromatic ring is 1. The molecular formula is C14H9Br2N3OS. The molecule has 1 amide bonds. The molecule has 0 aliphatic heterocycles. The molecule has 1 aromatic carbocycles. The van der Waals surface area contributed by atoms with E-state index in [1.54, 1.807) is 12.3 Å². The molecule has 2 heterocycles. The van der Waals surface area contributed by atoms with Gasteiger partial charge in [-0.05, 0) is 56.1 Å². The molecule has 0 aliphatic carbocycles. The lowest BCUT2D eigenvalue weighted by Crippen LogP contribution is -2.12. The van der Waals surface area contributed by atoms with Crippen LogP contribution in [0.5, 0.6) is 0 Å². The number of aromatic nitrogens is 1. The monoisotopic (exact) mass is 425 g/mol. The Bertz CT molecular complexity index is 827. The van der Waals surface area contributed by atoms with Crippen molar-refractivity contribution in [3.05, 3.63) is 50.4 Å². The molecule has 0 aliphatic rings. The molecule has 0 unspecified atom stereocenters. The summed E-state index contributed by atoms with van der Waals surface area (Å²) >= 11 is 8.12. The number of hydrogen-bond acceptors (Lipinski definition) is 4. The lowest BCUT2D eigenvalue weighted by molar-refractivity contribution is 0.103. The first kappa shape index (κ1) is 14.5. The van der Waals surface area contributed by atoms with Crippen LogP contribution in [-0.4, -0.2) is 10.9 Å². The summed E-state index contributed by atoms with van der Waals surface area (Å²) in [4.78, 5) is 17.9. The lowest BCUT2D eigenvalue weighted by Gasteiger charge is -2.08. The zero-order chi connectivity index (χ0) is 15.0. The van der Waals surface area contributed by atoms with Gasteiger partial charge in [0.25, 0.3) is 5.91 Å². The highest BCUT2D eigenvalue weighted by atomic mass is 79.9. The molecule has 4 nitrogen and oxygen atoms in total. The van der Waals surface area contributed by atoms with Gasteiger partial charge in [-0.1, -0.05) is 6.07 Å². The normalized spacial score (nSPS) is 10.8. The molecular weight excluding hydrogens is 418 g/mol. The number of nitrogens with zero attached hydrogens (tertiary/aromatic N) is 1. The second-order valence-corrected chi connectivity index (χ2v) is 6.96. The Morgan fingerprint density at radius 1 is 1.19 bits per heavy atom. The molecule has 3 aromatic rings. The smallest absolute Gasteiger partial charge is 0.268 e. The number of amides is 1. The zero-order valence-electron chi connectivity index (χ0n) is 10.6. The number of nitrogens with one attached hydrogen (secondary N) is 1. The molecule has 7 heteroatoms. The Kier molecular flexibility index (Phi) is 3.97. The molecule has 0 fully saturated rings. The van der Waals surface area contributed by atoms with Crippen LogP contribution >= 0.6 is 43.2 Å². The fourth-order valence-electron chi connectivity index (χ4n) is 1.91. The maximum absolute atomic E-state index is 12.5. The predicted molar refractivity (Wildman–Crippen MR) is 93.8 cm³/mol. The first-order chi connectivity index (χ1) is 10.1. The van der Waals surface area contributed by atoms with Crippen molar-refractivity contribution in [2.75, 3.05) is 11.1 Å². The summed E-state index contributed by atoms with van der Waals surface area (Å²) in [6.07, 6.45) is 1.68. The van der Waals surface area contributed by atoms with E-state index < -0.39 is 0 Å². The van der Waals surface area contributed by atoms with E-state index in [4.69, 9.17) is 5.73 Å². The van der Waals surface area contributed by atoms with Gasteiger partial charge in [0.05, 0.1) is 11.4 Å². The quantitative estimate of drug-likeness (QED) is 0.626. The third-order valence-corrected chi connectivity index (χ3v) is 5.36. The Hall–Kier alpha value is -1.44. The van der Waals surface area contributed by atoms with E-state index in [0.717, 1.165) is 19.2 Å². The number of fused-ring (bicyclic) bond motifs is 1. The SMILES string of the molecule is Nc1c(C(=O)Nc2c(Br)cccc2Br)sc2ncccc12. The van der Waals surface area contributed by atoms with Crippen molar-refractivity contribution in [3.8, 4) is 0 Å². The van der Waals surface area contributed by atoms with Crippen LogP contribution in [0.3, 0.4) is 0 Å². The number of carbonyl (C=O) groups excluding carboxylic acids is 1. The average molecular weight is 427 g/mol. The van der Waals surface area contributed by atoms with Gasteiger partial charge in [0.15, 0.2) is 0 Å². The molecule has 0 bridgehead atoms. The van der Waals surface area contributed by atoms with Crippen LogP contribution in [0.1, 0.15) is 9.67 Å². The van der Waals surface area contributed by atoms with E-state index in [-0.39, 0.29) is 5.91 Å². The van der Waals surface area contributed by atoms with Crippen molar-refractivity contribution in [2.45, 2.75) is 0 Å². The van der Waals surface area contributed by atoms with E-state index in [2.05, 4.69) is 42.2 Å². The van der Waals surface area contributed by atoms with Crippen LogP contribution in [-0.2, 0) is 0 Å². The minimum Gasteiger partial charge on any atom is -0.397 e. The van der Waals surface area contributed by atoms with Crippen LogP contribution in [0.2, 0.25) is 0 Å². The van der Waals surface area contributed by atoms with Gasteiger partial charge in [-0.15, -0.1) is 11.3 Å². The largest absolute Gasteiger partial charge is 0.397 e. The van der Waals surface area contributed by atoms with Crippen molar-refractivity contribution in [1.82, 2.24) is 4.98 Å². The number of rotatable bonds is 2. The van der Waals surface area contributed by atoms with Gasteiger partial charge in [0, 0.05) is 20.5 Å². The molecule has 0 atom stereocenters. The third kappa shape index (κ3) is 2.68. The van der Waals surface area contributed by atoms with E-state index in [9.17, 15) is 4.79 Å². The fraction of sp³-hybridized carbons (Fsp3) is 0. The summed E-state index contributed by atoms with van der Waals surface area (Å²) in [6, 6.07) is 9.25. The summed E-state index contributed by atoms with van der Waals surface area (Å²) in [5.41, 5.74) is 7.19. The number of thiophene rings is 1. The Labute approximate surface area is 141 Å². The Balaban J connectivity index is 2.00. The molecule has 0 saturated carbocycles. The Morgan fingerprint density at radius 2 is 1.90 bits per heavy atom. The van der Waals surface area contributed by atoms with Crippen molar-refractivity contribution < 1.29 is 4.79 Å². The minimum atomic E-state index is -0.247. The molecule has 0 spiro atoms. The molecule has 3 rings (SSSR count). The van der Waals surface area contributed by atoms with Gasteiger partial charge in [-0.25, -0.2) is 4.98 Å². The van der Waals surface area contributed by atoms with Gasteiger partial charge < -0.3 is 11.1 Å². The zero-order valence-corrected chi connectivity index (χ0v) is 14.5. The topological polar surface area (TPSA) is 68.0 Å². The van der Waals surface area contributed by atoms with Gasteiger partial charge >= 0.3 is 0 Å². The first-order valence-corrected chi connectivity index (χ1v) is 8.36. The molecule has 21 heavy (non-hydrogen) atoms. The van der Waals surface area contributed by atoms with Crippen LogP contribution in [0, 0.1) is 0 Å². The van der Waals surface area contributed by atoms with Crippen LogP contribution in [0.4, 0.5) is 11.4 Å². The number of anilines is 2. The van der Waals surface area contributed by atoms with Crippen LogP contribution < -0.4 is 11.1 Å². The number of benzene rings is 1. The second-order valence-electron chi connectivity index (χ2n) is 4.25. The summed E-state index contributed by atoms with van der Waals surface area (Å²) < 4.78 is 1.59. The standard InChI is InChI=1S/C14H9Br2N3OS/c15-8-4-1-5-9(16)11(8)19-13(20)12-10(17)7-3-2-6-18-14(7)21-12/h1-6H,17H2,(H,19,20). The van der Waals surface area contributed by atoms with E-state index >= 15 is 0 Å². The number of nitrogens with two attached hydrogens (primary N) is 1. The van der Waals surface area contributed by atoms with Crippen molar-refractivity contribution >= 4 is 70.7 Å². The van der Waals surface area contributed by atoms with Gasteiger partial charge in [0.1, 0.15) is 9.71 Å². The minimum absolute atomic E-state index is 0.247.